The predicted octanol–water partition coefficient (Wildman–Crippen LogP) is 3.12. The molecule has 0 fully saturated rings. The highest BCUT2D eigenvalue weighted by Crippen LogP contribution is 1.97. The van der Waals surface area contributed by atoms with Crippen molar-refractivity contribution in [1.82, 2.24) is 4.98 Å². The average Bonchev–Trinajstić information content (AvgIpc) is 2.57. The maximum absolute atomic E-state index is 4.94. The molecule has 0 aliphatic rings. The summed E-state index contributed by atoms with van der Waals surface area (Å²) in [6, 6.07) is 0. The minimum Gasteiger partial charge on any atom is -0.445 e. The van der Waals surface area contributed by atoms with Crippen LogP contribution in [-0.2, 0) is 0 Å². The summed E-state index contributed by atoms with van der Waals surface area (Å²) in [5, 5.41) is 0. The number of hydrogen-bond donors (Lipinski definition) is 0. The summed E-state index contributed by atoms with van der Waals surface area (Å²) < 4.78 is 4.94. The Bertz CT molecular complexity index is 177. The normalized spacial score (nSPS) is 9.36. The number of hydrogen-bond acceptors (Lipinski definition) is 2. The molecule has 62 valence electrons. The van der Waals surface area contributed by atoms with E-state index in [9.17, 15) is 0 Å². The van der Waals surface area contributed by atoms with E-state index in [4.69, 9.17) is 4.42 Å². The zero-order chi connectivity index (χ0) is 8.53. The largest absolute Gasteiger partial charge is 0.445 e. The Morgan fingerprint density at radius 3 is 2.73 bits per heavy atom. The van der Waals surface area contributed by atoms with E-state index >= 15 is 0 Å². The topological polar surface area (TPSA) is 26.0 Å². The van der Waals surface area contributed by atoms with Crippen molar-refractivity contribution in [2.24, 2.45) is 0 Å². The van der Waals surface area contributed by atoms with Crippen LogP contribution in [0, 0.1) is 0 Å². The Kier molecular flexibility index (Phi) is 6.39. The molecule has 0 atom stereocenters. The van der Waals surface area contributed by atoms with Gasteiger partial charge in [-0.3, -0.25) is 0 Å². The van der Waals surface area contributed by atoms with Crippen molar-refractivity contribution >= 4 is 6.08 Å². The van der Waals surface area contributed by atoms with Crippen LogP contribution in [0.25, 0.3) is 6.08 Å². The predicted molar refractivity (Wildman–Crippen MR) is 47.2 cm³/mol. The van der Waals surface area contributed by atoms with E-state index in [-0.39, 0.29) is 0 Å². The Hall–Kier alpha value is -1.05. The van der Waals surface area contributed by atoms with Gasteiger partial charge < -0.3 is 4.42 Å². The minimum atomic E-state index is 0.678. The van der Waals surface area contributed by atoms with Gasteiger partial charge in [0.15, 0.2) is 0 Å². The summed E-state index contributed by atoms with van der Waals surface area (Å²) in [5.41, 5.74) is 0. The van der Waals surface area contributed by atoms with Crippen molar-refractivity contribution in [1.29, 1.82) is 0 Å². The van der Waals surface area contributed by atoms with Crippen LogP contribution in [0.15, 0.2) is 23.0 Å². The average molecular weight is 153 g/mol. The van der Waals surface area contributed by atoms with Gasteiger partial charge in [0, 0.05) is 0 Å². The molecule has 0 amide bonds. The monoisotopic (exact) mass is 153 g/mol. The third-order valence-corrected chi connectivity index (χ3v) is 0.948. The minimum absolute atomic E-state index is 0.678. The van der Waals surface area contributed by atoms with Crippen LogP contribution in [0.5, 0.6) is 0 Å². The molecule has 0 saturated heterocycles. The number of oxazole rings is 1. The molecule has 0 unspecified atom stereocenters. The van der Waals surface area contributed by atoms with Gasteiger partial charge >= 0.3 is 0 Å². The Balaban J connectivity index is 0.000000461. The fourth-order valence-corrected chi connectivity index (χ4v) is 0.535. The van der Waals surface area contributed by atoms with E-state index in [2.05, 4.69) is 11.9 Å². The second kappa shape index (κ2) is 7.06. The molecule has 0 aliphatic carbocycles. The summed E-state index contributed by atoms with van der Waals surface area (Å²) in [6.07, 6.45) is 8.08. The van der Waals surface area contributed by atoms with Crippen molar-refractivity contribution in [2.75, 3.05) is 0 Å². The molecule has 0 bridgehead atoms. The summed E-state index contributed by atoms with van der Waals surface area (Å²) in [6.45, 7) is 6.07. The van der Waals surface area contributed by atoms with Gasteiger partial charge in [0.25, 0.3) is 0 Å². The Morgan fingerprint density at radius 2 is 2.27 bits per heavy atom. The molecule has 2 heteroatoms. The lowest BCUT2D eigenvalue weighted by atomic mass is 10.4. The standard InChI is InChI=1S/C7H9NO.C2H6/c1-2-3-4-7-8-5-6-9-7;1-2/h3-6H,2H2,1H3;1-2H3/b4-3-;. The second-order valence-electron chi connectivity index (χ2n) is 1.68. The molecular weight excluding hydrogens is 138 g/mol. The lowest BCUT2D eigenvalue weighted by Gasteiger charge is -1.77. The molecule has 0 radical (unpaired) electrons. The van der Waals surface area contributed by atoms with E-state index < -0.39 is 0 Å². The van der Waals surface area contributed by atoms with Crippen molar-refractivity contribution < 1.29 is 4.42 Å². The van der Waals surface area contributed by atoms with Gasteiger partial charge in [0.2, 0.25) is 5.89 Å². The highest BCUT2D eigenvalue weighted by atomic mass is 16.3. The number of aromatic nitrogens is 1. The number of allylic oxidation sites excluding steroid dienone is 1. The molecule has 0 saturated carbocycles. The lowest BCUT2D eigenvalue weighted by molar-refractivity contribution is 0.546. The molecule has 0 aromatic carbocycles. The molecule has 11 heavy (non-hydrogen) atoms. The highest BCUT2D eigenvalue weighted by molar-refractivity contribution is 5.36. The first-order valence-electron chi connectivity index (χ1n) is 3.99. The molecule has 1 aromatic rings. The lowest BCUT2D eigenvalue weighted by Crippen LogP contribution is -1.65. The first-order chi connectivity index (χ1) is 5.43. The van der Waals surface area contributed by atoms with Gasteiger partial charge in [0.05, 0.1) is 6.20 Å². The second-order valence-corrected chi connectivity index (χ2v) is 1.68. The summed E-state index contributed by atoms with van der Waals surface area (Å²) >= 11 is 0. The zero-order valence-electron chi connectivity index (χ0n) is 7.37. The number of nitrogens with zero attached hydrogens (tertiary/aromatic N) is 1. The molecule has 1 heterocycles. The van der Waals surface area contributed by atoms with Crippen LogP contribution in [0.2, 0.25) is 0 Å². The van der Waals surface area contributed by atoms with Crippen LogP contribution >= 0.6 is 0 Å². The Labute approximate surface area is 68.0 Å². The molecular formula is C9H15NO. The SMILES string of the molecule is CC.CC/C=C\c1ncco1. The Morgan fingerprint density at radius 1 is 1.55 bits per heavy atom. The third kappa shape index (κ3) is 4.37. The smallest absolute Gasteiger partial charge is 0.218 e. The van der Waals surface area contributed by atoms with E-state index in [0.29, 0.717) is 5.89 Å². The molecule has 0 spiro atoms. The first-order valence-corrected chi connectivity index (χ1v) is 3.99. The quantitative estimate of drug-likeness (QED) is 0.652. The van der Waals surface area contributed by atoms with Gasteiger partial charge in [0.1, 0.15) is 6.26 Å². The van der Waals surface area contributed by atoms with Crippen molar-refractivity contribution in [3.8, 4) is 0 Å². The van der Waals surface area contributed by atoms with Gasteiger partial charge in [-0.25, -0.2) is 4.98 Å². The molecule has 1 rings (SSSR count). The molecule has 0 aliphatic heterocycles. The van der Waals surface area contributed by atoms with Crippen LogP contribution in [0.1, 0.15) is 33.1 Å². The van der Waals surface area contributed by atoms with E-state index in [1.165, 1.54) is 0 Å². The van der Waals surface area contributed by atoms with Crippen molar-refractivity contribution in [2.45, 2.75) is 27.2 Å². The van der Waals surface area contributed by atoms with Gasteiger partial charge in [-0.15, -0.1) is 0 Å². The van der Waals surface area contributed by atoms with Crippen molar-refractivity contribution in [3.63, 3.8) is 0 Å². The zero-order valence-corrected chi connectivity index (χ0v) is 7.37. The maximum atomic E-state index is 4.94. The fraction of sp³-hybridized carbons (Fsp3) is 0.444. The maximum Gasteiger partial charge on any atom is 0.218 e. The van der Waals surface area contributed by atoms with Crippen molar-refractivity contribution in [3.05, 3.63) is 24.4 Å². The first kappa shape index (κ1) is 9.95. The molecule has 0 N–H and O–H groups in total. The molecule has 2 nitrogen and oxygen atoms in total. The van der Waals surface area contributed by atoms with Gasteiger partial charge in [-0.1, -0.05) is 26.8 Å². The van der Waals surface area contributed by atoms with Crippen LogP contribution in [-0.4, -0.2) is 4.98 Å². The van der Waals surface area contributed by atoms with Crippen LogP contribution < -0.4 is 0 Å². The summed E-state index contributed by atoms with van der Waals surface area (Å²) in [5.74, 6) is 0.678. The fourth-order valence-electron chi connectivity index (χ4n) is 0.535. The summed E-state index contributed by atoms with van der Waals surface area (Å²) in [4.78, 5) is 3.90. The number of rotatable bonds is 2. The van der Waals surface area contributed by atoms with Crippen LogP contribution in [0.3, 0.4) is 0 Å². The van der Waals surface area contributed by atoms with E-state index in [1.807, 2.05) is 26.0 Å². The van der Waals surface area contributed by atoms with Crippen LogP contribution in [0.4, 0.5) is 0 Å². The van der Waals surface area contributed by atoms with Gasteiger partial charge in [-0.2, -0.15) is 0 Å². The van der Waals surface area contributed by atoms with E-state index in [0.717, 1.165) is 6.42 Å². The highest BCUT2D eigenvalue weighted by Gasteiger charge is 1.84. The molecule has 1 aromatic heterocycles. The third-order valence-electron chi connectivity index (χ3n) is 0.948. The summed E-state index contributed by atoms with van der Waals surface area (Å²) in [7, 11) is 0. The van der Waals surface area contributed by atoms with E-state index in [1.54, 1.807) is 12.5 Å². The van der Waals surface area contributed by atoms with Gasteiger partial charge in [-0.05, 0) is 12.5 Å².